The lowest BCUT2D eigenvalue weighted by Crippen LogP contribution is -2.33. The molecule has 17 heavy (non-hydrogen) atoms. The number of aliphatic carboxylic acids is 1. The Kier molecular flexibility index (Phi) is 4.66. The molecule has 5 heteroatoms. The molecule has 5 nitrogen and oxygen atoms in total. The second kappa shape index (κ2) is 6.00. The van der Waals surface area contributed by atoms with Gasteiger partial charge in [-0.15, -0.1) is 0 Å². The summed E-state index contributed by atoms with van der Waals surface area (Å²) < 4.78 is 0. The highest BCUT2D eigenvalue weighted by molar-refractivity contribution is 5.77. The van der Waals surface area contributed by atoms with Crippen LogP contribution in [0, 0.1) is 5.92 Å². The highest BCUT2D eigenvalue weighted by Crippen LogP contribution is 2.15. The lowest BCUT2D eigenvalue weighted by atomic mass is 9.92. The first-order chi connectivity index (χ1) is 8.00. The van der Waals surface area contributed by atoms with Crippen LogP contribution < -0.4 is 5.73 Å². The van der Waals surface area contributed by atoms with E-state index in [4.69, 9.17) is 10.8 Å². The van der Waals surface area contributed by atoms with Gasteiger partial charge in [-0.3, -0.25) is 9.59 Å². The molecule has 0 aliphatic carbocycles. The van der Waals surface area contributed by atoms with E-state index in [-0.39, 0.29) is 12.8 Å². The summed E-state index contributed by atoms with van der Waals surface area (Å²) in [5, 5.41) is 18.6. The minimum Gasteiger partial charge on any atom is -0.481 e. The normalized spacial score (nSPS) is 13.9. The highest BCUT2D eigenvalue weighted by Gasteiger charge is 2.27. The maximum absolute atomic E-state index is 11.0. The predicted octanol–water partition coefficient (Wildman–Crippen LogP) is 0.166. The number of hydrogen-bond donors (Lipinski definition) is 3. The molecular weight excluding hydrogens is 222 g/mol. The molecule has 0 aliphatic rings. The number of rotatable bonds is 6. The number of hydrogen-bond acceptors (Lipinski definition) is 3. The van der Waals surface area contributed by atoms with Gasteiger partial charge in [-0.25, -0.2) is 0 Å². The van der Waals surface area contributed by atoms with E-state index in [0.29, 0.717) is 0 Å². The van der Waals surface area contributed by atoms with Crippen LogP contribution in [-0.4, -0.2) is 28.2 Å². The van der Waals surface area contributed by atoms with Gasteiger partial charge in [0, 0.05) is 0 Å². The molecule has 0 fully saturated rings. The Balaban J connectivity index is 2.73. The van der Waals surface area contributed by atoms with Crippen molar-refractivity contribution in [3.05, 3.63) is 35.9 Å². The molecule has 2 atom stereocenters. The van der Waals surface area contributed by atoms with Gasteiger partial charge in [0.2, 0.25) is 5.91 Å². The standard InChI is InChI=1S/C12H15NO4/c13-11(15)7-10(14)9(12(16)17)6-8-4-2-1-3-5-8/h1-5,9-10,14H,6-7H2,(H2,13,15)(H,16,17)/t9-,10?/m0/s1. The fraction of sp³-hybridized carbons (Fsp3) is 0.333. The van der Waals surface area contributed by atoms with Gasteiger partial charge in [0.15, 0.2) is 0 Å². The minimum absolute atomic E-state index is 0.171. The summed E-state index contributed by atoms with van der Waals surface area (Å²) >= 11 is 0. The number of carboxylic acid groups (broad SMARTS) is 1. The molecule has 0 aromatic heterocycles. The Hall–Kier alpha value is -1.88. The quantitative estimate of drug-likeness (QED) is 0.656. The highest BCUT2D eigenvalue weighted by atomic mass is 16.4. The summed E-state index contributed by atoms with van der Waals surface area (Å²) in [4.78, 5) is 21.7. The molecule has 1 aromatic rings. The molecular formula is C12H15NO4. The Morgan fingerprint density at radius 1 is 1.24 bits per heavy atom. The Labute approximate surface area is 98.9 Å². The van der Waals surface area contributed by atoms with Crippen LogP contribution in [0.3, 0.4) is 0 Å². The number of carbonyl (C=O) groups is 2. The van der Waals surface area contributed by atoms with Crippen LogP contribution in [0.15, 0.2) is 30.3 Å². The van der Waals surface area contributed by atoms with Crippen molar-refractivity contribution in [3.8, 4) is 0 Å². The third-order valence-corrected chi connectivity index (χ3v) is 2.49. The second-order valence-corrected chi connectivity index (χ2v) is 3.87. The topological polar surface area (TPSA) is 101 Å². The Morgan fingerprint density at radius 2 is 1.82 bits per heavy atom. The van der Waals surface area contributed by atoms with Gasteiger partial charge >= 0.3 is 5.97 Å². The molecule has 0 bridgehead atoms. The average molecular weight is 237 g/mol. The maximum Gasteiger partial charge on any atom is 0.309 e. The number of primary amides is 1. The van der Waals surface area contributed by atoms with E-state index in [1.54, 1.807) is 24.3 Å². The molecule has 92 valence electrons. The van der Waals surface area contributed by atoms with E-state index in [1.165, 1.54) is 0 Å². The number of benzene rings is 1. The summed E-state index contributed by atoms with van der Waals surface area (Å²) in [6, 6.07) is 8.93. The van der Waals surface area contributed by atoms with Crippen LogP contribution in [0.4, 0.5) is 0 Å². The first-order valence-corrected chi connectivity index (χ1v) is 5.24. The fourth-order valence-electron chi connectivity index (χ4n) is 1.60. The van der Waals surface area contributed by atoms with Gasteiger partial charge in [0.05, 0.1) is 18.4 Å². The van der Waals surface area contributed by atoms with Crippen molar-refractivity contribution in [1.82, 2.24) is 0 Å². The van der Waals surface area contributed by atoms with Crippen LogP contribution in [0.25, 0.3) is 0 Å². The van der Waals surface area contributed by atoms with E-state index in [0.717, 1.165) is 5.56 Å². The lowest BCUT2D eigenvalue weighted by Gasteiger charge is -2.17. The lowest BCUT2D eigenvalue weighted by molar-refractivity contribution is -0.146. The zero-order valence-electron chi connectivity index (χ0n) is 9.24. The zero-order valence-corrected chi connectivity index (χ0v) is 9.24. The number of aliphatic hydroxyl groups is 1. The van der Waals surface area contributed by atoms with Crippen LogP contribution in [-0.2, 0) is 16.0 Å². The average Bonchev–Trinajstić information content (AvgIpc) is 2.25. The summed E-state index contributed by atoms with van der Waals surface area (Å²) in [6.45, 7) is 0. The van der Waals surface area contributed by atoms with Gasteiger partial charge in [-0.05, 0) is 12.0 Å². The second-order valence-electron chi connectivity index (χ2n) is 3.87. The predicted molar refractivity (Wildman–Crippen MR) is 61.1 cm³/mol. The molecule has 1 unspecified atom stereocenters. The van der Waals surface area contributed by atoms with Crippen molar-refractivity contribution < 1.29 is 19.8 Å². The van der Waals surface area contributed by atoms with E-state index in [1.807, 2.05) is 6.07 Å². The van der Waals surface area contributed by atoms with Gasteiger partial charge in [0.1, 0.15) is 0 Å². The number of nitrogens with two attached hydrogens (primary N) is 1. The molecule has 0 heterocycles. The molecule has 1 amide bonds. The molecule has 0 aliphatic heterocycles. The van der Waals surface area contributed by atoms with Crippen molar-refractivity contribution in [2.75, 3.05) is 0 Å². The molecule has 0 saturated heterocycles. The molecule has 0 radical (unpaired) electrons. The minimum atomic E-state index is -1.26. The number of carboxylic acids is 1. The van der Waals surface area contributed by atoms with Gasteiger partial charge in [0.25, 0.3) is 0 Å². The Morgan fingerprint density at radius 3 is 2.29 bits per heavy atom. The fourth-order valence-corrected chi connectivity index (χ4v) is 1.60. The number of amides is 1. The van der Waals surface area contributed by atoms with Crippen molar-refractivity contribution in [2.24, 2.45) is 11.7 Å². The molecule has 1 aromatic carbocycles. The largest absolute Gasteiger partial charge is 0.481 e. The van der Waals surface area contributed by atoms with E-state index in [9.17, 15) is 14.7 Å². The van der Waals surface area contributed by atoms with Crippen LogP contribution in [0.5, 0.6) is 0 Å². The monoisotopic (exact) mass is 237 g/mol. The van der Waals surface area contributed by atoms with Gasteiger partial charge < -0.3 is 15.9 Å². The summed E-state index contributed by atoms with van der Waals surface area (Å²) in [7, 11) is 0. The molecule has 0 spiro atoms. The van der Waals surface area contributed by atoms with Crippen LogP contribution in [0.1, 0.15) is 12.0 Å². The summed E-state index contributed by atoms with van der Waals surface area (Å²) in [5.74, 6) is -2.87. The maximum atomic E-state index is 11.0. The SMILES string of the molecule is NC(=O)CC(O)[C@H](Cc1ccccc1)C(=O)O. The van der Waals surface area contributed by atoms with Crippen molar-refractivity contribution in [1.29, 1.82) is 0 Å². The van der Waals surface area contributed by atoms with Gasteiger partial charge in [-0.1, -0.05) is 30.3 Å². The van der Waals surface area contributed by atoms with Crippen LogP contribution >= 0.6 is 0 Å². The number of carbonyl (C=O) groups excluding carboxylic acids is 1. The molecule has 0 saturated carbocycles. The van der Waals surface area contributed by atoms with E-state index in [2.05, 4.69) is 0 Å². The van der Waals surface area contributed by atoms with Gasteiger partial charge in [-0.2, -0.15) is 0 Å². The smallest absolute Gasteiger partial charge is 0.309 e. The van der Waals surface area contributed by atoms with Crippen molar-refractivity contribution in [2.45, 2.75) is 18.9 Å². The third kappa shape index (κ3) is 4.24. The number of aliphatic hydroxyl groups excluding tert-OH is 1. The summed E-state index contributed by atoms with van der Waals surface area (Å²) in [5.41, 5.74) is 5.73. The molecule has 4 N–H and O–H groups in total. The summed E-state index contributed by atoms with van der Waals surface area (Å²) in [6.07, 6.45) is -1.43. The van der Waals surface area contributed by atoms with Crippen molar-refractivity contribution in [3.63, 3.8) is 0 Å². The first kappa shape index (κ1) is 13.2. The van der Waals surface area contributed by atoms with E-state index < -0.39 is 23.9 Å². The van der Waals surface area contributed by atoms with E-state index >= 15 is 0 Å². The first-order valence-electron chi connectivity index (χ1n) is 5.24. The Bertz CT molecular complexity index is 391. The molecule has 1 rings (SSSR count). The van der Waals surface area contributed by atoms with Crippen LogP contribution in [0.2, 0.25) is 0 Å². The third-order valence-electron chi connectivity index (χ3n) is 2.49. The zero-order chi connectivity index (χ0) is 12.8. The van der Waals surface area contributed by atoms with Crippen molar-refractivity contribution >= 4 is 11.9 Å².